The van der Waals surface area contributed by atoms with Crippen LogP contribution in [0.5, 0.6) is 5.75 Å². The van der Waals surface area contributed by atoms with Crippen molar-refractivity contribution in [2.75, 3.05) is 7.11 Å². The van der Waals surface area contributed by atoms with Crippen LogP contribution in [-0.2, 0) is 5.41 Å². The first-order valence-corrected chi connectivity index (χ1v) is 9.83. The topological polar surface area (TPSA) is 9.23 Å². The molecule has 138 valence electrons. The van der Waals surface area contributed by atoms with Crippen molar-refractivity contribution in [1.82, 2.24) is 0 Å². The lowest BCUT2D eigenvalue weighted by molar-refractivity contribution is 0.415. The van der Waals surface area contributed by atoms with E-state index in [4.69, 9.17) is 4.74 Å². The van der Waals surface area contributed by atoms with Gasteiger partial charge in [0.15, 0.2) is 0 Å². The first kappa shape index (κ1) is 17.1. The van der Waals surface area contributed by atoms with Gasteiger partial charge in [-0.2, -0.15) is 0 Å². The fraction of sp³-hybridized carbons (Fsp3) is 0.185. The third-order valence-electron chi connectivity index (χ3n) is 5.83. The molecule has 0 N–H and O–H groups in total. The molecule has 0 saturated heterocycles. The van der Waals surface area contributed by atoms with Crippen LogP contribution in [0.2, 0.25) is 0 Å². The lowest BCUT2D eigenvalue weighted by Crippen LogP contribution is -2.13. The summed E-state index contributed by atoms with van der Waals surface area (Å²) in [4.78, 5) is 0. The Bertz CT molecular complexity index is 1290. The van der Waals surface area contributed by atoms with Crippen molar-refractivity contribution in [3.63, 3.8) is 0 Å². The maximum absolute atomic E-state index is 5.38. The molecule has 0 radical (unpaired) electrons. The van der Waals surface area contributed by atoms with Gasteiger partial charge in [-0.05, 0) is 72.6 Å². The third-order valence-corrected chi connectivity index (χ3v) is 5.83. The predicted molar refractivity (Wildman–Crippen MR) is 121 cm³/mol. The molecule has 0 aromatic heterocycles. The Kier molecular flexibility index (Phi) is 3.64. The van der Waals surface area contributed by atoms with Crippen molar-refractivity contribution in [3.8, 4) is 16.9 Å². The van der Waals surface area contributed by atoms with Gasteiger partial charge in [0.05, 0.1) is 7.11 Å². The zero-order valence-electron chi connectivity index (χ0n) is 16.8. The highest BCUT2D eigenvalue weighted by Crippen LogP contribution is 2.44. The molecule has 0 fully saturated rings. The van der Waals surface area contributed by atoms with Gasteiger partial charge < -0.3 is 4.74 Å². The Labute approximate surface area is 165 Å². The first-order valence-electron chi connectivity index (χ1n) is 9.83. The van der Waals surface area contributed by atoms with Crippen LogP contribution in [0.25, 0.3) is 43.4 Å². The van der Waals surface area contributed by atoms with Gasteiger partial charge >= 0.3 is 0 Å². The van der Waals surface area contributed by atoms with Crippen LogP contribution in [0.1, 0.15) is 26.3 Å². The van der Waals surface area contributed by atoms with Crippen LogP contribution >= 0.6 is 0 Å². The molecule has 0 bridgehead atoms. The standard InChI is InChI=1S/C27H24O/c1-27(2,3)23-16-20-9-8-17-6-5-7-18-12-15-22(26(20)24(17)18)25(23)19-10-13-21(28-4)14-11-19/h5-16H,1-4H3. The Morgan fingerprint density at radius 1 is 0.679 bits per heavy atom. The van der Waals surface area contributed by atoms with E-state index in [1.165, 1.54) is 49.0 Å². The average molecular weight is 364 g/mol. The van der Waals surface area contributed by atoms with E-state index < -0.39 is 0 Å². The monoisotopic (exact) mass is 364 g/mol. The van der Waals surface area contributed by atoms with Gasteiger partial charge in [0.1, 0.15) is 5.75 Å². The maximum atomic E-state index is 5.38. The maximum Gasteiger partial charge on any atom is 0.118 e. The third kappa shape index (κ3) is 2.46. The molecule has 0 unspecified atom stereocenters. The molecule has 0 spiro atoms. The van der Waals surface area contributed by atoms with E-state index in [2.05, 4.69) is 93.6 Å². The molecule has 5 rings (SSSR count). The van der Waals surface area contributed by atoms with Gasteiger partial charge in [0, 0.05) is 0 Å². The number of benzene rings is 5. The second kappa shape index (κ2) is 5.97. The zero-order valence-corrected chi connectivity index (χ0v) is 16.8. The van der Waals surface area contributed by atoms with Crippen molar-refractivity contribution in [1.29, 1.82) is 0 Å². The summed E-state index contributed by atoms with van der Waals surface area (Å²) in [5.74, 6) is 0.888. The van der Waals surface area contributed by atoms with E-state index in [0.717, 1.165) is 5.75 Å². The number of methoxy groups -OCH3 is 1. The summed E-state index contributed by atoms with van der Waals surface area (Å²) in [6.45, 7) is 6.90. The van der Waals surface area contributed by atoms with Crippen LogP contribution in [0.3, 0.4) is 0 Å². The lowest BCUT2D eigenvalue weighted by atomic mass is 9.77. The molecular formula is C27H24O. The fourth-order valence-corrected chi connectivity index (χ4v) is 4.47. The highest BCUT2D eigenvalue weighted by molar-refractivity contribution is 6.26. The van der Waals surface area contributed by atoms with Crippen LogP contribution in [-0.4, -0.2) is 7.11 Å². The summed E-state index contributed by atoms with van der Waals surface area (Å²) < 4.78 is 5.38. The van der Waals surface area contributed by atoms with Crippen molar-refractivity contribution < 1.29 is 4.74 Å². The normalized spacial score (nSPS) is 12.3. The molecule has 5 aromatic rings. The smallest absolute Gasteiger partial charge is 0.118 e. The van der Waals surface area contributed by atoms with Gasteiger partial charge in [0.25, 0.3) is 0 Å². The SMILES string of the molecule is COc1ccc(-c2c(C(C)(C)C)cc3ccc4cccc5ccc2c3c45)cc1. The highest BCUT2D eigenvalue weighted by atomic mass is 16.5. The quantitative estimate of drug-likeness (QED) is 0.294. The van der Waals surface area contributed by atoms with E-state index in [1.54, 1.807) is 7.11 Å². The summed E-state index contributed by atoms with van der Waals surface area (Å²) in [7, 11) is 1.71. The number of rotatable bonds is 2. The Morgan fingerprint density at radius 3 is 1.96 bits per heavy atom. The zero-order chi connectivity index (χ0) is 19.5. The van der Waals surface area contributed by atoms with Crippen LogP contribution in [0, 0.1) is 0 Å². The Hall–Kier alpha value is -3.06. The van der Waals surface area contributed by atoms with Gasteiger partial charge in [-0.25, -0.2) is 0 Å². The van der Waals surface area contributed by atoms with Crippen LogP contribution < -0.4 is 4.74 Å². The molecule has 0 aliphatic rings. The predicted octanol–water partition coefficient (Wildman–Crippen LogP) is 7.56. The molecule has 0 aliphatic heterocycles. The average Bonchev–Trinajstić information content (AvgIpc) is 2.71. The fourth-order valence-electron chi connectivity index (χ4n) is 4.47. The van der Waals surface area contributed by atoms with E-state index in [0.29, 0.717) is 0 Å². The largest absolute Gasteiger partial charge is 0.497 e. The number of ether oxygens (including phenoxy) is 1. The summed E-state index contributed by atoms with van der Waals surface area (Å²) in [5.41, 5.74) is 3.99. The highest BCUT2D eigenvalue weighted by Gasteiger charge is 2.23. The number of hydrogen-bond donors (Lipinski definition) is 0. The molecule has 0 saturated carbocycles. The molecule has 0 amide bonds. The summed E-state index contributed by atoms with van der Waals surface area (Å²) in [6.07, 6.45) is 0. The molecule has 0 heterocycles. The van der Waals surface area contributed by atoms with Crippen molar-refractivity contribution >= 4 is 32.3 Å². The molecule has 0 aliphatic carbocycles. The second-order valence-electron chi connectivity index (χ2n) is 8.63. The molecular weight excluding hydrogens is 340 g/mol. The van der Waals surface area contributed by atoms with E-state index in [-0.39, 0.29) is 5.41 Å². The molecule has 5 aromatic carbocycles. The minimum atomic E-state index is 0.0414. The second-order valence-corrected chi connectivity index (χ2v) is 8.63. The van der Waals surface area contributed by atoms with Crippen molar-refractivity contribution in [2.45, 2.75) is 26.2 Å². The Morgan fingerprint density at radius 2 is 1.32 bits per heavy atom. The van der Waals surface area contributed by atoms with Gasteiger partial charge in [-0.3, -0.25) is 0 Å². The Balaban J connectivity index is 1.97. The van der Waals surface area contributed by atoms with Gasteiger partial charge in [0.2, 0.25) is 0 Å². The van der Waals surface area contributed by atoms with E-state index >= 15 is 0 Å². The van der Waals surface area contributed by atoms with Crippen molar-refractivity contribution in [2.24, 2.45) is 0 Å². The molecule has 0 atom stereocenters. The summed E-state index contributed by atoms with van der Waals surface area (Å²) in [5, 5.41) is 8.00. The molecule has 1 heteroatoms. The van der Waals surface area contributed by atoms with E-state index in [9.17, 15) is 0 Å². The van der Waals surface area contributed by atoms with Crippen LogP contribution in [0.15, 0.2) is 72.8 Å². The lowest BCUT2D eigenvalue weighted by Gasteiger charge is -2.26. The molecule has 1 nitrogen and oxygen atoms in total. The van der Waals surface area contributed by atoms with Crippen molar-refractivity contribution in [3.05, 3.63) is 78.4 Å². The summed E-state index contributed by atoms with van der Waals surface area (Å²) >= 11 is 0. The van der Waals surface area contributed by atoms with Crippen LogP contribution in [0.4, 0.5) is 0 Å². The minimum Gasteiger partial charge on any atom is -0.497 e. The van der Waals surface area contributed by atoms with E-state index in [1.807, 2.05) is 0 Å². The first-order chi connectivity index (χ1) is 13.5. The van der Waals surface area contributed by atoms with Gasteiger partial charge in [-0.15, -0.1) is 0 Å². The van der Waals surface area contributed by atoms with Gasteiger partial charge in [-0.1, -0.05) is 75.4 Å². The minimum absolute atomic E-state index is 0.0414. The summed E-state index contributed by atoms with van der Waals surface area (Å²) in [6, 6.07) is 26.5. The number of hydrogen-bond acceptors (Lipinski definition) is 1. The molecule has 28 heavy (non-hydrogen) atoms.